The van der Waals surface area contributed by atoms with Crippen LogP contribution in [0.2, 0.25) is 0 Å². The Balaban J connectivity index is 1.62. The van der Waals surface area contributed by atoms with Crippen LogP contribution in [0.4, 0.5) is 5.69 Å². The summed E-state index contributed by atoms with van der Waals surface area (Å²) in [4.78, 5) is 12.5. The SMILES string of the molecule is CCn1c(COc2cc(C)ccc2C)nnc1SCC(=O)Nc1c(C)cccc1C. The van der Waals surface area contributed by atoms with Gasteiger partial charge < -0.3 is 14.6 Å². The molecule has 0 atom stereocenters. The summed E-state index contributed by atoms with van der Waals surface area (Å²) in [7, 11) is 0. The van der Waals surface area contributed by atoms with E-state index in [1.807, 2.05) is 69.5 Å². The summed E-state index contributed by atoms with van der Waals surface area (Å²) in [5.41, 5.74) is 5.22. The van der Waals surface area contributed by atoms with Gasteiger partial charge in [-0.3, -0.25) is 4.79 Å². The van der Waals surface area contributed by atoms with E-state index in [2.05, 4.69) is 21.6 Å². The molecule has 7 heteroatoms. The summed E-state index contributed by atoms with van der Waals surface area (Å²) in [6.45, 7) is 11.1. The third kappa shape index (κ3) is 5.21. The first-order chi connectivity index (χ1) is 14.4. The van der Waals surface area contributed by atoms with Gasteiger partial charge in [-0.2, -0.15) is 0 Å². The van der Waals surface area contributed by atoms with Crippen LogP contribution in [-0.2, 0) is 17.9 Å². The highest BCUT2D eigenvalue weighted by molar-refractivity contribution is 7.99. The number of amides is 1. The van der Waals surface area contributed by atoms with Crippen molar-refractivity contribution in [1.82, 2.24) is 14.8 Å². The maximum atomic E-state index is 12.5. The lowest BCUT2D eigenvalue weighted by molar-refractivity contribution is -0.113. The molecule has 0 unspecified atom stereocenters. The van der Waals surface area contributed by atoms with Crippen LogP contribution in [0.5, 0.6) is 5.75 Å². The average molecular weight is 425 g/mol. The Labute approximate surface area is 182 Å². The summed E-state index contributed by atoms with van der Waals surface area (Å²) < 4.78 is 7.97. The normalized spacial score (nSPS) is 10.8. The van der Waals surface area contributed by atoms with Crippen molar-refractivity contribution in [2.45, 2.75) is 52.9 Å². The summed E-state index contributed by atoms with van der Waals surface area (Å²) in [6, 6.07) is 12.1. The van der Waals surface area contributed by atoms with Crippen LogP contribution in [0.25, 0.3) is 0 Å². The zero-order valence-corrected chi connectivity index (χ0v) is 19.0. The number of hydrogen-bond acceptors (Lipinski definition) is 5. The van der Waals surface area contributed by atoms with Crippen LogP contribution in [0.3, 0.4) is 0 Å². The van der Waals surface area contributed by atoms with Crippen molar-refractivity contribution in [1.29, 1.82) is 0 Å². The molecule has 0 bridgehead atoms. The van der Waals surface area contributed by atoms with Gasteiger partial charge in [0.05, 0.1) is 5.75 Å². The van der Waals surface area contributed by atoms with E-state index in [9.17, 15) is 4.79 Å². The highest BCUT2D eigenvalue weighted by Gasteiger charge is 2.15. The van der Waals surface area contributed by atoms with Crippen LogP contribution >= 0.6 is 11.8 Å². The fourth-order valence-corrected chi connectivity index (χ4v) is 3.99. The lowest BCUT2D eigenvalue weighted by Crippen LogP contribution is -2.16. The lowest BCUT2D eigenvalue weighted by Gasteiger charge is -2.12. The van der Waals surface area contributed by atoms with E-state index in [0.717, 1.165) is 39.5 Å². The van der Waals surface area contributed by atoms with Crippen molar-refractivity contribution in [2.24, 2.45) is 0 Å². The van der Waals surface area contributed by atoms with E-state index < -0.39 is 0 Å². The van der Waals surface area contributed by atoms with E-state index in [-0.39, 0.29) is 11.7 Å². The maximum absolute atomic E-state index is 12.5. The smallest absolute Gasteiger partial charge is 0.234 e. The second-order valence-corrected chi connectivity index (χ2v) is 8.25. The van der Waals surface area contributed by atoms with Gasteiger partial charge in [-0.05, 0) is 62.9 Å². The van der Waals surface area contributed by atoms with Gasteiger partial charge in [0.25, 0.3) is 0 Å². The summed E-state index contributed by atoms with van der Waals surface area (Å²) in [5.74, 6) is 1.80. The van der Waals surface area contributed by atoms with Crippen LogP contribution in [0.1, 0.15) is 35.0 Å². The van der Waals surface area contributed by atoms with Gasteiger partial charge in [-0.1, -0.05) is 42.1 Å². The number of anilines is 1. The molecular formula is C23H28N4O2S. The van der Waals surface area contributed by atoms with Gasteiger partial charge in [-0.15, -0.1) is 10.2 Å². The van der Waals surface area contributed by atoms with Gasteiger partial charge in [0.15, 0.2) is 11.0 Å². The Morgan fingerprint density at radius 3 is 2.50 bits per heavy atom. The highest BCUT2D eigenvalue weighted by Crippen LogP contribution is 2.23. The molecule has 2 aromatic carbocycles. The zero-order valence-electron chi connectivity index (χ0n) is 18.2. The molecule has 1 heterocycles. The number of nitrogens with zero attached hydrogens (tertiary/aromatic N) is 3. The average Bonchev–Trinajstić information content (AvgIpc) is 3.11. The number of aryl methyl sites for hydroxylation is 4. The van der Waals surface area contributed by atoms with Crippen molar-refractivity contribution in [3.8, 4) is 5.75 Å². The molecule has 3 rings (SSSR count). The van der Waals surface area contributed by atoms with E-state index in [4.69, 9.17) is 4.74 Å². The molecule has 6 nitrogen and oxygen atoms in total. The summed E-state index contributed by atoms with van der Waals surface area (Å²) in [6.07, 6.45) is 0. The minimum Gasteiger partial charge on any atom is -0.485 e. The topological polar surface area (TPSA) is 69.0 Å². The monoisotopic (exact) mass is 424 g/mol. The number of hydrogen-bond donors (Lipinski definition) is 1. The molecule has 0 aliphatic heterocycles. The summed E-state index contributed by atoms with van der Waals surface area (Å²) in [5, 5.41) is 12.3. The first kappa shape index (κ1) is 21.9. The molecule has 0 saturated heterocycles. The molecule has 158 valence electrons. The fourth-order valence-electron chi connectivity index (χ4n) is 3.17. The van der Waals surface area contributed by atoms with Crippen LogP contribution in [0.15, 0.2) is 41.6 Å². The Morgan fingerprint density at radius 2 is 1.80 bits per heavy atom. The van der Waals surface area contributed by atoms with Gasteiger partial charge in [0, 0.05) is 12.2 Å². The Bertz CT molecular complexity index is 1030. The van der Waals surface area contributed by atoms with Crippen LogP contribution < -0.4 is 10.1 Å². The molecule has 30 heavy (non-hydrogen) atoms. The fraction of sp³-hybridized carbons (Fsp3) is 0.348. The number of rotatable bonds is 8. The number of para-hydroxylation sites is 1. The molecule has 0 radical (unpaired) electrons. The molecular weight excluding hydrogens is 396 g/mol. The number of nitrogens with one attached hydrogen (secondary N) is 1. The highest BCUT2D eigenvalue weighted by atomic mass is 32.2. The minimum absolute atomic E-state index is 0.0590. The minimum atomic E-state index is -0.0590. The molecule has 0 spiro atoms. The Kier molecular flexibility index (Phi) is 7.15. The van der Waals surface area contributed by atoms with E-state index in [1.165, 1.54) is 11.8 Å². The number of ether oxygens (including phenoxy) is 1. The van der Waals surface area contributed by atoms with Crippen molar-refractivity contribution in [3.05, 3.63) is 64.5 Å². The van der Waals surface area contributed by atoms with E-state index >= 15 is 0 Å². The molecule has 1 aromatic heterocycles. The number of carbonyl (C=O) groups excluding carboxylic acids is 1. The Hall–Kier alpha value is -2.80. The van der Waals surface area contributed by atoms with E-state index in [1.54, 1.807) is 0 Å². The second kappa shape index (κ2) is 9.80. The van der Waals surface area contributed by atoms with Crippen molar-refractivity contribution >= 4 is 23.4 Å². The van der Waals surface area contributed by atoms with Gasteiger partial charge >= 0.3 is 0 Å². The molecule has 0 aliphatic rings. The third-order valence-corrected chi connectivity index (χ3v) is 5.85. The first-order valence-corrected chi connectivity index (χ1v) is 11.0. The van der Waals surface area contributed by atoms with Crippen molar-refractivity contribution in [3.63, 3.8) is 0 Å². The van der Waals surface area contributed by atoms with Gasteiger partial charge in [0.1, 0.15) is 12.4 Å². The standard InChI is InChI=1S/C23H28N4O2S/c1-6-27-20(13-29-19-12-15(2)10-11-16(19)3)25-26-23(27)30-14-21(28)24-22-17(4)8-7-9-18(22)5/h7-12H,6,13-14H2,1-5H3,(H,24,28). The molecule has 3 aromatic rings. The van der Waals surface area contributed by atoms with Crippen LogP contribution in [-0.4, -0.2) is 26.4 Å². The number of benzene rings is 2. The Morgan fingerprint density at radius 1 is 1.07 bits per heavy atom. The molecule has 0 saturated carbocycles. The van der Waals surface area contributed by atoms with Crippen molar-refractivity contribution < 1.29 is 9.53 Å². The molecule has 1 N–H and O–H groups in total. The molecule has 0 aliphatic carbocycles. The largest absolute Gasteiger partial charge is 0.485 e. The summed E-state index contributed by atoms with van der Waals surface area (Å²) >= 11 is 1.38. The van der Waals surface area contributed by atoms with Gasteiger partial charge in [0.2, 0.25) is 5.91 Å². The maximum Gasteiger partial charge on any atom is 0.234 e. The number of aromatic nitrogens is 3. The van der Waals surface area contributed by atoms with Crippen LogP contribution in [0, 0.1) is 27.7 Å². The zero-order chi connectivity index (χ0) is 21.7. The predicted molar refractivity (Wildman–Crippen MR) is 121 cm³/mol. The number of carbonyl (C=O) groups is 1. The number of thioether (sulfide) groups is 1. The molecule has 1 amide bonds. The quantitative estimate of drug-likeness (QED) is 0.524. The van der Waals surface area contributed by atoms with E-state index in [0.29, 0.717) is 18.3 Å². The second-order valence-electron chi connectivity index (χ2n) is 7.30. The molecule has 0 fully saturated rings. The van der Waals surface area contributed by atoms with Crippen molar-refractivity contribution in [2.75, 3.05) is 11.1 Å². The first-order valence-electron chi connectivity index (χ1n) is 10.00. The van der Waals surface area contributed by atoms with Gasteiger partial charge in [-0.25, -0.2) is 0 Å². The lowest BCUT2D eigenvalue weighted by atomic mass is 10.1. The third-order valence-electron chi connectivity index (χ3n) is 4.89. The predicted octanol–water partition coefficient (Wildman–Crippen LogP) is 4.84.